The molecular weight excluding hydrogens is 242 g/mol. The van der Waals surface area contributed by atoms with E-state index in [1.54, 1.807) is 0 Å². The molecule has 1 aliphatic rings. The van der Waals surface area contributed by atoms with Gasteiger partial charge in [-0.2, -0.15) is 5.10 Å². The summed E-state index contributed by atoms with van der Waals surface area (Å²) in [6.07, 6.45) is 4.20. The van der Waals surface area contributed by atoms with Crippen molar-refractivity contribution >= 4 is 5.91 Å². The van der Waals surface area contributed by atoms with Crippen molar-refractivity contribution in [2.24, 2.45) is 0 Å². The Balaban J connectivity index is 1.97. The maximum absolute atomic E-state index is 12.4. The van der Waals surface area contributed by atoms with E-state index in [1.807, 2.05) is 17.9 Å². The van der Waals surface area contributed by atoms with Crippen LogP contribution in [0.4, 0.5) is 0 Å². The number of piperidine rings is 1. The summed E-state index contributed by atoms with van der Waals surface area (Å²) in [7, 11) is 0. The minimum atomic E-state index is 0.0167. The number of aromatic nitrogens is 2. The van der Waals surface area contributed by atoms with Crippen LogP contribution in [0.1, 0.15) is 49.3 Å². The molecule has 2 heterocycles. The molecule has 19 heavy (non-hydrogen) atoms. The largest absolute Gasteiger partial charge is 0.377 e. The fourth-order valence-corrected chi connectivity index (χ4v) is 2.52. The minimum absolute atomic E-state index is 0.0167. The van der Waals surface area contributed by atoms with Gasteiger partial charge in [0.2, 0.25) is 0 Å². The number of carbonyl (C=O) groups excluding carboxylic acids is 1. The molecule has 106 valence electrons. The molecule has 2 rings (SSSR count). The van der Waals surface area contributed by atoms with Crippen LogP contribution in [-0.4, -0.2) is 46.8 Å². The number of amides is 1. The van der Waals surface area contributed by atoms with Crippen LogP contribution in [0, 0.1) is 0 Å². The first-order valence-electron chi connectivity index (χ1n) is 7.19. The monoisotopic (exact) mass is 265 g/mol. The number of likely N-dealkylation sites (tertiary alicyclic amines) is 1. The molecule has 0 unspecified atom stereocenters. The zero-order chi connectivity index (χ0) is 13.7. The van der Waals surface area contributed by atoms with Crippen LogP contribution in [-0.2, 0) is 11.2 Å². The van der Waals surface area contributed by atoms with E-state index in [2.05, 4.69) is 17.1 Å². The third-order valence-electron chi connectivity index (χ3n) is 3.44. The molecule has 5 heteroatoms. The summed E-state index contributed by atoms with van der Waals surface area (Å²) in [5.74, 6) is 0.0167. The number of aryl methyl sites for hydroxylation is 1. The highest BCUT2D eigenvalue weighted by atomic mass is 16.5. The van der Waals surface area contributed by atoms with Gasteiger partial charge in [0.15, 0.2) is 0 Å². The second-order valence-corrected chi connectivity index (χ2v) is 5.00. The molecule has 0 saturated carbocycles. The van der Waals surface area contributed by atoms with Crippen LogP contribution in [0.2, 0.25) is 0 Å². The van der Waals surface area contributed by atoms with Crippen molar-refractivity contribution in [1.82, 2.24) is 15.1 Å². The van der Waals surface area contributed by atoms with Crippen LogP contribution in [0.25, 0.3) is 0 Å². The van der Waals surface area contributed by atoms with E-state index in [9.17, 15) is 4.79 Å². The summed E-state index contributed by atoms with van der Waals surface area (Å²) in [5.41, 5.74) is 1.56. The van der Waals surface area contributed by atoms with E-state index in [0.29, 0.717) is 18.8 Å². The van der Waals surface area contributed by atoms with E-state index in [4.69, 9.17) is 4.74 Å². The van der Waals surface area contributed by atoms with Gasteiger partial charge in [0.25, 0.3) is 5.91 Å². The summed E-state index contributed by atoms with van der Waals surface area (Å²) >= 11 is 0. The molecule has 1 N–H and O–H groups in total. The Morgan fingerprint density at radius 2 is 2.42 bits per heavy atom. The molecule has 1 aromatic heterocycles. The molecule has 0 radical (unpaired) electrons. The molecule has 1 aromatic rings. The summed E-state index contributed by atoms with van der Waals surface area (Å²) in [6.45, 7) is 6.29. The Labute approximate surface area is 114 Å². The minimum Gasteiger partial charge on any atom is -0.377 e. The lowest BCUT2D eigenvalue weighted by molar-refractivity contribution is 0.00703. The number of aromatic amines is 1. The van der Waals surface area contributed by atoms with Crippen LogP contribution in [0.15, 0.2) is 6.07 Å². The zero-order valence-electron chi connectivity index (χ0n) is 11.8. The lowest BCUT2D eigenvalue weighted by atomic mass is 10.1. The number of nitrogens with one attached hydrogen (secondary N) is 1. The molecule has 0 bridgehead atoms. The standard InChI is InChI=1S/C14H23N3O2/c1-3-6-11-9-13(16-15-11)14(18)17-8-5-7-12(10-17)19-4-2/h9,12H,3-8,10H2,1-2H3,(H,15,16)/t12-/m1/s1. The van der Waals surface area contributed by atoms with Crippen molar-refractivity contribution in [1.29, 1.82) is 0 Å². The highest BCUT2D eigenvalue weighted by molar-refractivity contribution is 5.92. The van der Waals surface area contributed by atoms with E-state index in [1.165, 1.54) is 0 Å². The van der Waals surface area contributed by atoms with E-state index >= 15 is 0 Å². The molecule has 1 atom stereocenters. The first-order chi connectivity index (χ1) is 9.24. The van der Waals surface area contributed by atoms with Crippen LogP contribution < -0.4 is 0 Å². The Kier molecular flexibility index (Phi) is 4.96. The normalized spacial score (nSPS) is 19.7. The number of carbonyl (C=O) groups is 1. The van der Waals surface area contributed by atoms with Crippen LogP contribution in [0.5, 0.6) is 0 Å². The van der Waals surface area contributed by atoms with Crippen molar-refractivity contribution in [2.45, 2.75) is 45.6 Å². The van der Waals surface area contributed by atoms with E-state index < -0.39 is 0 Å². The van der Waals surface area contributed by atoms with Gasteiger partial charge in [-0.25, -0.2) is 0 Å². The molecular formula is C14H23N3O2. The second-order valence-electron chi connectivity index (χ2n) is 5.00. The summed E-state index contributed by atoms with van der Waals surface area (Å²) < 4.78 is 5.62. The van der Waals surface area contributed by atoms with Crippen molar-refractivity contribution in [3.8, 4) is 0 Å². The molecule has 0 aliphatic carbocycles. The number of hydrogen-bond acceptors (Lipinski definition) is 3. The molecule has 1 aliphatic heterocycles. The number of rotatable bonds is 5. The lowest BCUT2D eigenvalue weighted by Gasteiger charge is -2.32. The zero-order valence-corrected chi connectivity index (χ0v) is 11.8. The van der Waals surface area contributed by atoms with Gasteiger partial charge in [-0.15, -0.1) is 0 Å². The molecule has 0 spiro atoms. The van der Waals surface area contributed by atoms with Gasteiger partial charge in [0.1, 0.15) is 5.69 Å². The molecule has 1 saturated heterocycles. The smallest absolute Gasteiger partial charge is 0.274 e. The molecule has 5 nitrogen and oxygen atoms in total. The Hall–Kier alpha value is -1.36. The van der Waals surface area contributed by atoms with E-state index in [-0.39, 0.29) is 12.0 Å². The Morgan fingerprint density at radius 3 is 3.16 bits per heavy atom. The number of hydrogen-bond donors (Lipinski definition) is 1. The predicted molar refractivity (Wildman–Crippen MR) is 73.1 cm³/mol. The van der Waals surface area contributed by atoms with Gasteiger partial charge in [-0.05, 0) is 32.3 Å². The average molecular weight is 265 g/mol. The third-order valence-corrected chi connectivity index (χ3v) is 3.44. The topological polar surface area (TPSA) is 58.2 Å². The quantitative estimate of drug-likeness (QED) is 0.886. The third kappa shape index (κ3) is 3.56. The Morgan fingerprint density at radius 1 is 1.58 bits per heavy atom. The van der Waals surface area contributed by atoms with Gasteiger partial charge in [0, 0.05) is 25.4 Å². The van der Waals surface area contributed by atoms with Gasteiger partial charge < -0.3 is 9.64 Å². The summed E-state index contributed by atoms with van der Waals surface area (Å²) in [4.78, 5) is 14.2. The maximum Gasteiger partial charge on any atom is 0.274 e. The van der Waals surface area contributed by atoms with E-state index in [0.717, 1.165) is 37.9 Å². The van der Waals surface area contributed by atoms with Crippen molar-refractivity contribution in [2.75, 3.05) is 19.7 Å². The van der Waals surface area contributed by atoms with Gasteiger partial charge >= 0.3 is 0 Å². The predicted octanol–water partition coefficient (Wildman–Crippen LogP) is 2.00. The van der Waals surface area contributed by atoms with Crippen molar-refractivity contribution in [3.05, 3.63) is 17.5 Å². The SMILES string of the molecule is CCCc1cc(C(=O)N2CCC[C@@H](OCC)C2)n[nH]1. The van der Waals surface area contributed by atoms with Crippen LogP contribution in [0.3, 0.4) is 0 Å². The molecule has 1 amide bonds. The fraction of sp³-hybridized carbons (Fsp3) is 0.714. The van der Waals surface area contributed by atoms with Gasteiger partial charge in [-0.1, -0.05) is 13.3 Å². The highest BCUT2D eigenvalue weighted by Crippen LogP contribution is 2.16. The number of ether oxygens (including phenoxy) is 1. The molecule has 1 fully saturated rings. The first-order valence-corrected chi connectivity index (χ1v) is 7.19. The molecule has 0 aromatic carbocycles. The summed E-state index contributed by atoms with van der Waals surface area (Å²) in [5, 5.41) is 7.06. The highest BCUT2D eigenvalue weighted by Gasteiger charge is 2.25. The van der Waals surface area contributed by atoms with Crippen LogP contribution >= 0.6 is 0 Å². The van der Waals surface area contributed by atoms with Crippen molar-refractivity contribution in [3.63, 3.8) is 0 Å². The second kappa shape index (κ2) is 6.70. The number of nitrogens with zero attached hydrogens (tertiary/aromatic N) is 2. The van der Waals surface area contributed by atoms with Gasteiger partial charge in [0.05, 0.1) is 6.10 Å². The fourth-order valence-electron chi connectivity index (χ4n) is 2.52. The summed E-state index contributed by atoms with van der Waals surface area (Å²) in [6, 6.07) is 1.87. The lowest BCUT2D eigenvalue weighted by Crippen LogP contribution is -2.43. The number of H-pyrrole nitrogens is 1. The first kappa shape index (κ1) is 14.1. The average Bonchev–Trinajstić information content (AvgIpc) is 2.88. The maximum atomic E-state index is 12.4. The Bertz CT molecular complexity index is 415. The van der Waals surface area contributed by atoms with Gasteiger partial charge in [-0.3, -0.25) is 9.89 Å². The van der Waals surface area contributed by atoms with Crippen molar-refractivity contribution < 1.29 is 9.53 Å².